The van der Waals surface area contributed by atoms with Gasteiger partial charge in [0.1, 0.15) is 11.9 Å². The first-order valence-corrected chi connectivity index (χ1v) is 8.65. The number of carbonyl (C=O) groups excluding carboxylic acids is 2. The molecule has 1 saturated heterocycles. The first-order chi connectivity index (χ1) is 13.0. The predicted octanol–water partition coefficient (Wildman–Crippen LogP) is 2.80. The fourth-order valence-corrected chi connectivity index (χ4v) is 3.10. The number of anilines is 1. The van der Waals surface area contributed by atoms with Gasteiger partial charge in [0.05, 0.1) is 13.1 Å². The second kappa shape index (κ2) is 7.67. The summed E-state index contributed by atoms with van der Waals surface area (Å²) in [5.41, 5.74) is 3.58. The third kappa shape index (κ3) is 3.80. The molecule has 2 amide bonds. The van der Waals surface area contributed by atoms with Crippen LogP contribution in [0.2, 0.25) is 0 Å². The zero-order valence-corrected chi connectivity index (χ0v) is 15.0. The molecule has 0 spiro atoms. The monoisotopic (exact) mass is 381 g/mol. The van der Waals surface area contributed by atoms with E-state index >= 15 is 0 Å². The molecule has 1 aliphatic rings. The minimum Gasteiger partial charge on any atom is -0.442 e. The molecule has 146 valence electrons. The molecule has 0 saturated carbocycles. The molecule has 4 rings (SSSR count). The zero-order chi connectivity index (χ0) is 19.0. The number of benzene rings is 1. The lowest BCUT2D eigenvalue weighted by Crippen LogP contribution is -2.33. The topological polar surface area (TPSA) is 88.8 Å². The molecule has 0 unspecified atom stereocenters. The molecule has 1 atom stereocenters. The van der Waals surface area contributed by atoms with Crippen molar-refractivity contribution >= 4 is 23.3 Å². The van der Waals surface area contributed by atoms with Gasteiger partial charge in [-0.1, -0.05) is 19.6 Å². The van der Waals surface area contributed by atoms with Crippen LogP contribution in [0.15, 0.2) is 42.6 Å². The summed E-state index contributed by atoms with van der Waals surface area (Å²) in [6, 6.07) is 11.6. The van der Waals surface area contributed by atoms with Crippen LogP contribution in [0.3, 0.4) is 0 Å². The molecule has 1 fully saturated rings. The second-order valence-corrected chi connectivity index (χ2v) is 6.48. The van der Waals surface area contributed by atoms with Crippen molar-refractivity contribution in [3.8, 4) is 11.1 Å². The Morgan fingerprint density at radius 2 is 1.93 bits per heavy atom. The Balaban J connectivity index is 0.00000225. The standard InChI is InChI=1S/C19H19N5O3.CH4/c1-12-21-18-8-5-15(10-24(18)22-12)14-3-6-16(7-4-14)23-11-17(27-19(23)26)9-20-13(2)25;/h3-8,10,17H,9,11H2,1-2H3,(H,20,25);1H4/t17-;/m0./s1. The normalized spacial score (nSPS) is 16.0. The largest absolute Gasteiger partial charge is 0.442 e. The summed E-state index contributed by atoms with van der Waals surface area (Å²) in [4.78, 5) is 29.0. The maximum absolute atomic E-state index is 12.1. The van der Waals surface area contributed by atoms with Crippen molar-refractivity contribution in [2.24, 2.45) is 0 Å². The number of cyclic esters (lactones) is 1. The van der Waals surface area contributed by atoms with E-state index in [1.807, 2.05) is 49.5 Å². The van der Waals surface area contributed by atoms with Crippen LogP contribution < -0.4 is 10.2 Å². The van der Waals surface area contributed by atoms with Crippen molar-refractivity contribution in [2.45, 2.75) is 27.4 Å². The molecular formula is C20H23N5O3. The smallest absolute Gasteiger partial charge is 0.414 e. The van der Waals surface area contributed by atoms with Gasteiger partial charge in [0.2, 0.25) is 5.91 Å². The lowest BCUT2D eigenvalue weighted by molar-refractivity contribution is -0.119. The number of pyridine rings is 1. The number of hydrogen-bond acceptors (Lipinski definition) is 5. The first kappa shape index (κ1) is 19.3. The lowest BCUT2D eigenvalue weighted by Gasteiger charge is -2.13. The Bertz CT molecular complexity index is 1010. The van der Waals surface area contributed by atoms with E-state index in [9.17, 15) is 9.59 Å². The van der Waals surface area contributed by atoms with E-state index in [2.05, 4.69) is 15.4 Å². The number of fused-ring (bicyclic) bond motifs is 1. The summed E-state index contributed by atoms with van der Waals surface area (Å²) in [5.74, 6) is 0.581. The minimum absolute atomic E-state index is 0. The molecule has 8 heteroatoms. The number of hydrogen-bond donors (Lipinski definition) is 1. The summed E-state index contributed by atoms with van der Waals surface area (Å²) in [6.45, 7) is 4.01. The molecule has 1 aliphatic heterocycles. The zero-order valence-electron chi connectivity index (χ0n) is 15.0. The summed E-state index contributed by atoms with van der Waals surface area (Å²) in [5, 5.41) is 7.00. The van der Waals surface area contributed by atoms with Crippen LogP contribution in [-0.4, -0.2) is 45.8 Å². The number of carbonyl (C=O) groups is 2. The van der Waals surface area contributed by atoms with E-state index in [0.29, 0.717) is 13.1 Å². The quantitative estimate of drug-likeness (QED) is 0.751. The summed E-state index contributed by atoms with van der Waals surface area (Å²) in [6.07, 6.45) is 1.18. The molecule has 0 bridgehead atoms. The predicted molar refractivity (Wildman–Crippen MR) is 106 cm³/mol. The molecule has 2 aromatic heterocycles. The van der Waals surface area contributed by atoms with Gasteiger partial charge in [-0.3, -0.25) is 9.69 Å². The molecule has 0 radical (unpaired) electrons. The van der Waals surface area contributed by atoms with Gasteiger partial charge < -0.3 is 10.1 Å². The highest BCUT2D eigenvalue weighted by Crippen LogP contribution is 2.26. The number of aromatic nitrogens is 3. The molecule has 3 heterocycles. The van der Waals surface area contributed by atoms with Crippen molar-refractivity contribution < 1.29 is 14.3 Å². The third-order valence-electron chi connectivity index (χ3n) is 4.40. The maximum atomic E-state index is 12.1. The van der Waals surface area contributed by atoms with Crippen molar-refractivity contribution in [2.75, 3.05) is 18.0 Å². The average molecular weight is 381 g/mol. The van der Waals surface area contributed by atoms with E-state index in [0.717, 1.165) is 28.3 Å². The van der Waals surface area contributed by atoms with Gasteiger partial charge in [-0.2, -0.15) is 5.10 Å². The van der Waals surface area contributed by atoms with Crippen molar-refractivity contribution in [1.82, 2.24) is 19.9 Å². The SMILES string of the molecule is C.CC(=O)NC[C@H]1CN(c2ccc(-c3ccc4nc(C)nn4c3)cc2)C(=O)O1. The van der Waals surface area contributed by atoms with E-state index in [1.54, 1.807) is 9.42 Å². The molecule has 28 heavy (non-hydrogen) atoms. The Morgan fingerprint density at radius 3 is 2.64 bits per heavy atom. The van der Waals surface area contributed by atoms with Crippen molar-refractivity contribution in [3.63, 3.8) is 0 Å². The van der Waals surface area contributed by atoms with Gasteiger partial charge in [0.15, 0.2) is 5.65 Å². The molecular weight excluding hydrogens is 358 g/mol. The van der Waals surface area contributed by atoms with Gasteiger partial charge in [-0.15, -0.1) is 0 Å². The second-order valence-electron chi connectivity index (χ2n) is 6.48. The summed E-state index contributed by atoms with van der Waals surface area (Å²) < 4.78 is 7.05. The van der Waals surface area contributed by atoms with Crippen LogP contribution in [0, 0.1) is 6.92 Å². The van der Waals surface area contributed by atoms with E-state index in [1.165, 1.54) is 6.92 Å². The van der Waals surface area contributed by atoms with Crippen LogP contribution in [-0.2, 0) is 9.53 Å². The average Bonchev–Trinajstić information content (AvgIpc) is 3.20. The van der Waals surface area contributed by atoms with E-state index in [-0.39, 0.29) is 19.4 Å². The van der Waals surface area contributed by atoms with Crippen LogP contribution in [0.4, 0.5) is 10.5 Å². The number of rotatable bonds is 4. The molecule has 3 aromatic rings. The minimum atomic E-state index is -0.405. The van der Waals surface area contributed by atoms with Crippen LogP contribution >= 0.6 is 0 Å². The Kier molecular flexibility index (Phi) is 5.30. The first-order valence-electron chi connectivity index (χ1n) is 8.65. The molecule has 0 aliphatic carbocycles. The summed E-state index contributed by atoms with van der Waals surface area (Å²) >= 11 is 0. The van der Waals surface area contributed by atoms with Gasteiger partial charge in [-0.25, -0.2) is 14.3 Å². The lowest BCUT2D eigenvalue weighted by atomic mass is 10.1. The highest BCUT2D eigenvalue weighted by molar-refractivity contribution is 5.90. The van der Waals surface area contributed by atoms with E-state index < -0.39 is 6.09 Å². The van der Waals surface area contributed by atoms with Crippen molar-refractivity contribution in [1.29, 1.82) is 0 Å². The number of nitrogens with one attached hydrogen (secondary N) is 1. The Hall–Kier alpha value is -3.42. The fraction of sp³-hybridized carbons (Fsp3) is 0.300. The fourth-order valence-electron chi connectivity index (χ4n) is 3.10. The van der Waals surface area contributed by atoms with Gasteiger partial charge in [0.25, 0.3) is 0 Å². The summed E-state index contributed by atoms with van der Waals surface area (Å²) in [7, 11) is 0. The third-order valence-corrected chi connectivity index (χ3v) is 4.40. The highest BCUT2D eigenvalue weighted by Gasteiger charge is 2.32. The van der Waals surface area contributed by atoms with Gasteiger partial charge >= 0.3 is 6.09 Å². The van der Waals surface area contributed by atoms with Crippen LogP contribution in [0.25, 0.3) is 16.8 Å². The number of aryl methyl sites for hydroxylation is 1. The number of ether oxygens (including phenoxy) is 1. The Morgan fingerprint density at radius 1 is 1.21 bits per heavy atom. The maximum Gasteiger partial charge on any atom is 0.414 e. The molecule has 1 N–H and O–H groups in total. The van der Waals surface area contributed by atoms with Gasteiger partial charge in [-0.05, 0) is 36.8 Å². The number of amides is 2. The molecule has 1 aromatic carbocycles. The molecule has 8 nitrogen and oxygen atoms in total. The van der Waals surface area contributed by atoms with Crippen molar-refractivity contribution in [3.05, 3.63) is 48.4 Å². The van der Waals surface area contributed by atoms with Crippen LogP contribution in [0.5, 0.6) is 0 Å². The van der Waals surface area contributed by atoms with Crippen LogP contribution in [0.1, 0.15) is 20.2 Å². The van der Waals surface area contributed by atoms with Gasteiger partial charge in [0, 0.05) is 24.4 Å². The Labute approximate surface area is 163 Å². The van der Waals surface area contributed by atoms with E-state index in [4.69, 9.17) is 4.74 Å². The number of nitrogens with zero attached hydrogens (tertiary/aromatic N) is 4. The highest BCUT2D eigenvalue weighted by atomic mass is 16.6.